The van der Waals surface area contributed by atoms with Crippen molar-refractivity contribution in [3.63, 3.8) is 0 Å². The summed E-state index contributed by atoms with van der Waals surface area (Å²) in [5.74, 6) is 1.49. The minimum atomic E-state index is 0.341. The van der Waals surface area contributed by atoms with E-state index in [1.165, 1.54) is 16.8 Å². The zero-order valence-electron chi connectivity index (χ0n) is 14.3. The number of rotatable bonds is 5. The van der Waals surface area contributed by atoms with Gasteiger partial charge in [0.25, 0.3) is 0 Å². The minimum absolute atomic E-state index is 0.341. The van der Waals surface area contributed by atoms with Crippen LogP contribution >= 0.6 is 0 Å². The molecular weight excluding hydrogens is 284 g/mol. The number of fused-ring (bicyclic) bond motifs is 1. The van der Waals surface area contributed by atoms with Crippen LogP contribution in [0.4, 0.5) is 5.69 Å². The van der Waals surface area contributed by atoms with Crippen molar-refractivity contribution < 1.29 is 4.74 Å². The standard InChI is InChI=1S/C20H26N2O/c1-15-9-10-19-18(13-15)22(11-12-23-19)20(16(2)14-21-3)17-7-5-4-6-8-17/h4-10,13,16,20-21H,11-12,14H2,1-3H3/t16-,20?/m1/s1. The van der Waals surface area contributed by atoms with Gasteiger partial charge >= 0.3 is 0 Å². The monoisotopic (exact) mass is 310 g/mol. The summed E-state index contributed by atoms with van der Waals surface area (Å²) < 4.78 is 5.88. The number of nitrogens with zero attached hydrogens (tertiary/aromatic N) is 1. The SMILES string of the molecule is CNC[C@@H](C)C(c1ccccc1)N1CCOc2ccc(C)cc21. The van der Waals surface area contributed by atoms with Crippen LogP contribution in [0.5, 0.6) is 5.75 Å². The molecule has 23 heavy (non-hydrogen) atoms. The Morgan fingerprint density at radius 3 is 2.70 bits per heavy atom. The predicted octanol–water partition coefficient (Wildman–Crippen LogP) is 3.79. The predicted molar refractivity (Wildman–Crippen MR) is 96.3 cm³/mol. The van der Waals surface area contributed by atoms with Crippen molar-refractivity contribution in [3.05, 3.63) is 59.7 Å². The molecule has 1 unspecified atom stereocenters. The van der Waals surface area contributed by atoms with Crippen molar-refractivity contribution in [1.29, 1.82) is 0 Å². The molecule has 0 aliphatic carbocycles. The molecule has 1 aliphatic rings. The molecule has 2 atom stereocenters. The van der Waals surface area contributed by atoms with Gasteiger partial charge in [-0.05, 0) is 49.7 Å². The van der Waals surface area contributed by atoms with E-state index in [1.807, 2.05) is 7.05 Å². The van der Waals surface area contributed by atoms with Crippen molar-refractivity contribution in [3.8, 4) is 5.75 Å². The summed E-state index contributed by atoms with van der Waals surface area (Å²) in [7, 11) is 2.02. The average Bonchev–Trinajstić information content (AvgIpc) is 2.57. The molecule has 2 aromatic rings. The topological polar surface area (TPSA) is 24.5 Å². The number of hydrogen-bond donors (Lipinski definition) is 1. The number of hydrogen-bond acceptors (Lipinski definition) is 3. The molecule has 2 aromatic carbocycles. The quantitative estimate of drug-likeness (QED) is 0.909. The van der Waals surface area contributed by atoms with Gasteiger partial charge < -0.3 is 15.0 Å². The second-order valence-corrected chi connectivity index (χ2v) is 6.40. The van der Waals surface area contributed by atoms with Crippen LogP contribution in [-0.2, 0) is 0 Å². The Morgan fingerprint density at radius 2 is 1.96 bits per heavy atom. The van der Waals surface area contributed by atoms with Crippen LogP contribution in [0.3, 0.4) is 0 Å². The summed E-state index contributed by atoms with van der Waals surface area (Å²) in [5.41, 5.74) is 3.85. The number of nitrogens with one attached hydrogen (secondary N) is 1. The summed E-state index contributed by atoms with van der Waals surface area (Å²) in [4.78, 5) is 2.52. The second kappa shape index (κ2) is 7.05. The van der Waals surface area contributed by atoms with Gasteiger partial charge in [0.05, 0.1) is 18.3 Å². The Kier molecular flexibility index (Phi) is 4.87. The molecule has 1 heterocycles. The third kappa shape index (κ3) is 3.35. The molecule has 3 nitrogen and oxygen atoms in total. The van der Waals surface area contributed by atoms with Gasteiger partial charge in [-0.2, -0.15) is 0 Å². The molecule has 0 spiro atoms. The van der Waals surface area contributed by atoms with Gasteiger partial charge in [0, 0.05) is 0 Å². The molecule has 0 radical (unpaired) electrons. The van der Waals surface area contributed by atoms with E-state index in [2.05, 4.69) is 72.6 Å². The van der Waals surface area contributed by atoms with Crippen molar-refractivity contribution >= 4 is 5.69 Å². The second-order valence-electron chi connectivity index (χ2n) is 6.40. The summed E-state index contributed by atoms with van der Waals surface area (Å²) in [6.45, 7) is 7.11. The normalized spacial score (nSPS) is 16.4. The maximum Gasteiger partial charge on any atom is 0.142 e. The van der Waals surface area contributed by atoms with E-state index < -0.39 is 0 Å². The summed E-state index contributed by atoms with van der Waals surface area (Å²) in [6.07, 6.45) is 0. The fourth-order valence-corrected chi connectivity index (χ4v) is 3.54. The van der Waals surface area contributed by atoms with E-state index in [4.69, 9.17) is 4.74 Å². The highest BCUT2D eigenvalue weighted by Crippen LogP contribution is 2.40. The van der Waals surface area contributed by atoms with Gasteiger partial charge in [-0.1, -0.05) is 43.3 Å². The van der Waals surface area contributed by atoms with E-state index >= 15 is 0 Å². The number of ether oxygens (including phenoxy) is 1. The molecule has 0 saturated carbocycles. The van der Waals surface area contributed by atoms with Crippen LogP contribution < -0.4 is 15.0 Å². The minimum Gasteiger partial charge on any atom is -0.490 e. The summed E-state index contributed by atoms with van der Waals surface area (Å²) in [6, 6.07) is 17.6. The number of anilines is 1. The fraction of sp³-hybridized carbons (Fsp3) is 0.400. The van der Waals surface area contributed by atoms with Gasteiger partial charge in [-0.15, -0.1) is 0 Å². The molecule has 0 saturated heterocycles. The molecule has 122 valence electrons. The Balaban J connectivity index is 2.03. The van der Waals surface area contributed by atoms with Crippen LogP contribution in [0.25, 0.3) is 0 Å². The summed E-state index contributed by atoms with van der Waals surface area (Å²) in [5, 5.41) is 3.33. The molecule has 1 aliphatic heterocycles. The summed E-state index contributed by atoms with van der Waals surface area (Å²) >= 11 is 0. The molecular formula is C20H26N2O. The van der Waals surface area contributed by atoms with E-state index in [-0.39, 0.29) is 0 Å². The highest BCUT2D eigenvalue weighted by molar-refractivity contribution is 5.62. The molecule has 0 amide bonds. The van der Waals surface area contributed by atoms with E-state index in [1.54, 1.807) is 0 Å². The van der Waals surface area contributed by atoms with Crippen molar-refractivity contribution in [2.24, 2.45) is 5.92 Å². The third-order valence-electron chi connectivity index (χ3n) is 4.56. The lowest BCUT2D eigenvalue weighted by Gasteiger charge is -2.41. The highest BCUT2D eigenvalue weighted by atomic mass is 16.5. The first-order valence-electron chi connectivity index (χ1n) is 8.40. The first kappa shape index (κ1) is 15.9. The molecule has 3 heteroatoms. The van der Waals surface area contributed by atoms with Crippen LogP contribution in [0.15, 0.2) is 48.5 Å². The highest BCUT2D eigenvalue weighted by Gasteiger charge is 2.30. The number of aryl methyl sites for hydroxylation is 1. The maximum atomic E-state index is 5.88. The lowest BCUT2D eigenvalue weighted by atomic mass is 9.91. The van der Waals surface area contributed by atoms with E-state index in [9.17, 15) is 0 Å². The third-order valence-corrected chi connectivity index (χ3v) is 4.56. The molecule has 1 N–H and O–H groups in total. The lowest BCUT2D eigenvalue weighted by molar-refractivity contribution is 0.287. The Hall–Kier alpha value is -2.00. The van der Waals surface area contributed by atoms with Gasteiger partial charge in [0.15, 0.2) is 0 Å². The molecule has 3 rings (SSSR count). The maximum absolute atomic E-state index is 5.88. The van der Waals surface area contributed by atoms with Gasteiger partial charge in [-0.3, -0.25) is 0 Å². The molecule has 0 bridgehead atoms. The number of benzene rings is 2. The first-order valence-corrected chi connectivity index (χ1v) is 8.40. The largest absolute Gasteiger partial charge is 0.490 e. The van der Waals surface area contributed by atoms with Crippen LogP contribution in [0, 0.1) is 12.8 Å². The Bertz CT molecular complexity index is 641. The Labute approximate surface area is 139 Å². The van der Waals surface area contributed by atoms with Crippen molar-refractivity contribution in [1.82, 2.24) is 5.32 Å². The Morgan fingerprint density at radius 1 is 1.17 bits per heavy atom. The van der Waals surface area contributed by atoms with Crippen molar-refractivity contribution in [2.75, 3.05) is 31.6 Å². The molecule has 0 aromatic heterocycles. The van der Waals surface area contributed by atoms with Crippen molar-refractivity contribution in [2.45, 2.75) is 19.9 Å². The van der Waals surface area contributed by atoms with E-state index in [0.717, 1.165) is 25.4 Å². The fourth-order valence-electron chi connectivity index (χ4n) is 3.54. The zero-order valence-corrected chi connectivity index (χ0v) is 14.3. The lowest BCUT2D eigenvalue weighted by Crippen LogP contribution is -2.41. The van der Waals surface area contributed by atoms with Crippen LogP contribution in [-0.4, -0.2) is 26.7 Å². The van der Waals surface area contributed by atoms with E-state index in [0.29, 0.717) is 12.0 Å². The average molecular weight is 310 g/mol. The smallest absolute Gasteiger partial charge is 0.142 e. The van der Waals surface area contributed by atoms with Gasteiger partial charge in [-0.25, -0.2) is 0 Å². The zero-order chi connectivity index (χ0) is 16.2. The van der Waals surface area contributed by atoms with Crippen LogP contribution in [0.1, 0.15) is 24.1 Å². The van der Waals surface area contributed by atoms with Gasteiger partial charge in [0.2, 0.25) is 0 Å². The first-order chi connectivity index (χ1) is 11.2. The van der Waals surface area contributed by atoms with Crippen LogP contribution in [0.2, 0.25) is 0 Å². The molecule has 0 fully saturated rings. The van der Waals surface area contributed by atoms with Gasteiger partial charge in [0.1, 0.15) is 12.4 Å².